The number of benzene rings is 1. The maximum Gasteiger partial charge on any atom is 0.276 e. The third-order valence-electron chi connectivity index (χ3n) is 4.00. The van der Waals surface area contributed by atoms with Crippen LogP contribution in [0.3, 0.4) is 0 Å². The molecule has 0 fully saturated rings. The summed E-state index contributed by atoms with van der Waals surface area (Å²) in [5, 5.41) is 10.9. The molecule has 0 saturated carbocycles. The zero-order valence-corrected chi connectivity index (χ0v) is 15.3. The summed E-state index contributed by atoms with van der Waals surface area (Å²) in [6.45, 7) is 3.72. The van der Waals surface area contributed by atoms with Gasteiger partial charge in [-0.1, -0.05) is 35.5 Å². The van der Waals surface area contributed by atoms with Gasteiger partial charge in [-0.2, -0.15) is 5.10 Å². The number of H-pyrrole nitrogens is 1. The molecule has 1 N–H and O–H groups in total. The van der Waals surface area contributed by atoms with Gasteiger partial charge in [-0.15, -0.1) is 0 Å². The molecule has 3 aromatic rings. The van der Waals surface area contributed by atoms with Crippen molar-refractivity contribution in [2.24, 2.45) is 0 Å². The summed E-state index contributed by atoms with van der Waals surface area (Å²) in [6, 6.07) is 13.8. The molecule has 0 aliphatic heterocycles. The fraction of sp³-hybridized carbons (Fsp3) is 0.316. The number of nitrogens with one attached hydrogen (secondary N) is 1. The molecule has 7 nitrogen and oxygen atoms in total. The average Bonchev–Trinajstić information content (AvgIpc) is 3.24. The van der Waals surface area contributed by atoms with Crippen molar-refractivity contribution in [2.75, 3.05) is 14.1 Å². The van der Waals surface area contributed by atoms with Gasteiger partial charge in [-0.25, -0.2) is 0 Å². The highest BCUT2D eigenvalue weighted by Crippen LogP contribution is 2.12. The maximum absolute atomic E-state index is 12.5. The van der Waals surface area contributed by atoms with Crippen molar-refractivity contribution in [3.05, 3.63) is 70.9 Å². The van der Waals surface area contributed by atoms with Crippen LogP contribution in [0.25, 0.3) is 0 Å². The van der Waals surface area contributed by atoms with Crippen LogP contribution in [-0.4, -0.2) is 45.2 Å². The van der Waals surface area contributed by atoms with Crippen LogP contribution in [0.5, 0.6) is 0 Å². The maximum atomic E-state index is 12.5. The molecule has 136 valence electrons. The smallest absolute Gasteiger partial charge is 0.276 e. The van der Waals surface area contributed by atoms with Crippen molar-refractivity contribution >= 4 is 5.91 Å². The second-order valence-electron chi connectivity index (χ2n) is 6.54. The normalized spacial score (nSPS) is 11.1. The van der Waals surface area contributed by atoms with Crippen LogP contribution in [0.2, 0.25) is 0 Å². The molecule has 2 heterocycles. The van der Waals surface area contributed by atoms with E-state index in [0.29, 0.717) is 24.5 Å². The third kappa shape index (κ3) is 4.58. The fourth-order valence-electron chi connectivity index (χ4n) is 2.77. The SMILES string of the molecule is Cc1cc(CN(C)C(=O)c2cc(CN(C)Cc3ccccc3)on2)n[nH]1. The van der Waals surface area contributed by atoms with E-state index < -0.39 is 0 Å². The average molecular weight is 353 g/mol. The molecule has 0 spiro atoms. The Kier molecular flexibility index (Phi) is 5.48. The molecule has 7 heteroatoms. The predicted molar refractivity (Wildman–Crippen MR) is 97.2 cm³/mol. The Morgan fingerprint density at radius 2 is 1.88 bits per heavy atom. The number of amides is 1. The van der Waals surface area contributed by atoms with E-state index in [0.717, 1.165) is 17.9 Å². The summed E-state index contributed by atoms with van der Waals surface area (Å²) in [7, 11) is 3.73. The number of aryl methyl sites for hydroxylation is 1. The van der Waals surface area contributed by atoms with Crippen molar-refractivity contribution in [1.29, 1.82) is 0 Å². The molecule has 3 rings (SSSR count). The molecule has 0 unspecified atom stereocenters. The quantitative estimate of drug-likeness (QED) is 0.706. The third-order valence-corrected chi connectivity index (χ3v) is 4.00. The van der Waals surface area contributed by atoms with E-state index in [2.05, 4.69) is 32.4 Å². The van der Waals surface area contributed by atoms with Gasteiger partial charge >= 0.3 is 0 Å². The Balaban J connectivity index is 1.57. The van der Waals surface area contributed by atoms with E-state index in [1.54, 1.807) is 18.0 Å². The Labute approximate surface area is 152 Å². The highest BCUT2D eigenvalue weighted by atomic mass is 16.5. The molecule has 0 radical (unpaired) electrons. The van der Waals surface area contributed by atoms with Crippen molar-refractivity contribution in [1.82, 2.24) is 25.2 Å². The van der Waals surface area contributed by atoms with Crippen molar-refractivity contribution in [2.45, 2.75) is 26.6 Å². The highest BCUT2D eigenvalue weighted by Gasteiger charge is 2.18. The van der Waals surface area contributed by atoms with E-state index in [-0.39, 0.29) is 5.91 Å². The summed E-state index contributed by atoms with van der Waals surface area (Å²) in [4.78, 5) is 16.2. The summed E-state index contributed by atoms with van der Waals surface area (Å²) < 4.78 is 5.34. The predicted octanol–water partition coefficient (Wildman–Crippen LogP) is 2.61. The Hall–Kier alpha value is -2.93. The lowest BCUT2D eigenvalue weighted by Gasteiger charge is -2.14. The molecule has 1 aromatic carbocycles. The summed E-state index contributed by atoms with van der Waals surface area (Å²) in [5.41, 5.74) is 3.30. The highest BCUT2D eigenvalue weighted by molar-refractivity contribution is 5.92. The number of aromatic nitrogens is 3. The first kappa shape index (κ1) is 17.9. The zero-order valence-electron chi connectivity index (χ0n) is 15.3. The van der Waals surface area contributed by atoms with E-state index in [1.165, 1.54) is 5.56 Å². The van der Waals surface area contributed by atoms with Crippen LogP contribution < -0.4 is 0 Å². The van der Waals surface area contributed by atoms with E-state index >= 15 is 0 Å². The zero-order chi connectivity index (χ0) is 18.5. The van der Waals surface area contributed by atoms with Gasteiger partial charge in [0.25, 0.3) is 5.91 Å². The number of nitrogens with zero attached hydrogens (tertiary/aromatic N) is 4. The lowest BCUT2D eigenvalue weighted by atomic mass is 10.2. The molecule has 2 aromatic heterocycles. The lowest BCUT2D eigenvalue weighted by molar-refractivity contribution is 0.0773. The van der Waals surface area contributed by atoms with E-state index in [4.69, 9.17) is 4.52 Å². The lowest BCUT2D eigenvalue weighted by Crippen LogP contribution is -2.26. The molecular formula is C19H23N5O2. The minimum atomic E-state index is -0.189. The van der Waals surface area contributed by atoms with Crippen molar-refractivity contribution in [3.63, 3.8) is 0 Å². The van der Waals surface area contributed by atoms with Gasteiger partial charge in [0.05, 0.1) is 18.8 Å². The number of carbonyl (C=O) groups excluding carboxylic acids is 1. The van der Waals surface area contributed by atoms with Gasteiger partial charge in [0.1, 0.15) is 0 Å². The molecular weight excluding hydrogens is 330 g/mol. The van der Waals surface area contributed by atoms with Crippen molar-refractivity contribution < 1.29 is 9.32 Å². The summed E-state index contributed by atoms with van der Waals surface area (Å²) in [5.74, 6) is 0.474. The first-order valence-corrected chi connectivity index (χ1v) is 8.45. The number of hydrogen-bond donors (Lipinski definition) is 1. The molecule has 1 amide bonds. The van der Waals surface area contributed by atoms with Crippen LogP contribution in [0.1, 0.15) is 33.2 Å². The van der Waals surface area contributed by atoms with Crippen LogP contribution >= 0.6 is 0 Å². The topological polar surface area (TPSA) is 78.3 Å². The Morgan fingerprint density at radius 3 is 2.58 bits per heavy atom. The second kappa shape index (κ2) is 7.97. The summed E-state index contributed by atoms with van der Waals surface area (Å²) >= 11 is 0. The monoisotopic (exact) mass is 353 g/mol. The van der Waals surface area contributed by atoms with Crippen LogP contribution in [0.4, 0.5) is 0 Å². The largest absolute Gasteiger partial charge is 0.359 e. The van der Waals surface area contributed by atoms with E-state index in [1.807, 2.05) is 38.2 Å². The molecule has 0 atom stereocenters. The molecule has 0 aliphatic carbocycles. The minimum absolute atomic E-state index is 0.189. The first-order valence-electron chi connectivity index (χ1n) is 8.45. The van der Waals surface area contributed by atoms with Gasteiger partial charge < -0.3 is 9.42 Å². The molecule has 0 bridgehead atoms. The molecule has 0 aliphatic rings. The van der Waals surface area contributed by atoms with Gasteiger partial charge in [0, 0.05) is 25.4 Å². The second-order valence-corrected chi connectivity index (χ2v) is 6.54. The Bertz CT molecular complexity index is 856. The van der Waals surface area contributed by atoms with E-state index in [9.17, 15) is 4.79 Å². The Morgan fingerprint density at radius 1 is 1.12 bits per heavy atom. The number of hydrogen-bond acceptors (Lipinski definition) is 5. The van der Waals surface area contributed by atoms with Gasteiger partial charge in [0.2, 0.25) is 0 Å². The number of rotatable bonds is 7. The number of carbonyl (C=O) groups is 1. The molecule has 0 saturated heterocycles. The standard InChI is InChI=1S/C19H23N5O2/c1-14-9-16(21-20-14)12-24(3)19(25)18-10-17(26-22-18)13-23(2)11-15-7-5-4-6-8-15/h4-10H,11-13H2,1-3H3,(H,20,21). The van der Waals surface area contributed by atoms with Gasteiger partial charge in [-0.05, 0) is 25.6 Å². The molecule has 26 heavy (non-hydrogen) atoms. The number of aromatic amines is 1. The van der Waals surface area contributed by atoms with Gasteiger partial charge in [-0.3, -0.25) is 14.8 Å². The van der Waals surface area contributed by atoms with Crippen LogP contribution in [0, 0.1) is 6.92 Å². The van der Waals surface area contributed by atoms with Crippen LogP contribution in [0.15, 0.2) is 47.0 Å². The van der Waals surface area contributed by atoms with Crippen LogP contribution in [-0.2, 0) is 19.6 Å². The van der Waals surface area contributed by atoms with Gasteiger partial charge in [0.15, 0.2) is 11.5 Å². The summed E-state index contributed by atoms with van der Waals surface area (Å²) in [6.07, 6.45) is 0. The van der Waals surface area contributed by atoms with Crippen molar-refractivity contribution in [3.8, 4) is 0 Å². The first-order chi connectivity index (χ1) is 12.5. The fourth-order valence-corrected chi connectivity index (χ4v) is 2.77. The minimum Gasteiger partial charge on any atom is -0.359 e.